The standard InChI is InChI=1S/C17H21NO4/c1-20-14-8-5-13(6-9-14)7-10-17(19)18-12-16(21-2)15-4-3-11-22-15/h3-6,8-9,11,16H,7,10,12H2,1-2H3,(H,18,19). The molecule has 0 saturated heterocycles. The number of furan rings is 1. The van der Waals surface area contributed by atoms with E-state index in [2.05, 4.69) is 5.32 Å². The number of carbonyl (C=O) groups is 1. The summed E-state index contributed by atoms with van der Waals surface area (Å²) in [6.07, 6.45) is 2.45. The SMILES string of the molecule is COc1ccc(CCC(=O)NCC(OC)c2ccco2)cc1. The number of nitrogens with one attached hydrogen (secondary N) is 1. The van der Waals surface area contributed by atoms with Gasteiger partial charge >= 0.3 is 0 Å². The number of benzene rings is 1. The highest BCUT2D eigenvalue weighted by molar-refractivity contribution is 5.76. The smallest absolute Gasteiger partial charge is 0.220 e. The molecular weight excluding hydrogens is 282 g/mol. The van der Waals surface area contributed by atoms with E-state index in [1.165, 1.54) is 0 Å². The third-order valence-electron chi connectivity index (χ3n) is 3.43. The van der Waals surface area contributed by atoms with E-state index in [0.717, 1.165) is 11.3 Å². The van der Waals surface area contributed by atoms with Gasteiger partial charge in [0.05, 0.1) is 19.9 Å². The topological polar surface area (TPSA) is 60.7 Å². The molecule has 2 rings (SSSR count). The first kappa shape index (κ1) is 16.1. The highest BCUT2D eigenvalue weighted by Crippen LogP contribution is 2.16. The first-order chi connectivity index (χ1) is 10.7. The van der Waals surface area contributed by atoms with Gasteiger partial charge in [0.15, 0.2) is 0 Å². The molecule has 0 bridgehead atoms. The van der Waals surface area contributed by atoms with Crippen molar-refractivity contribution in [3.8, 4) is 5.75 Å². The molecule has 1 heterocycles. The predicted molar refractivity (Wildman–Crippen MR) is 82.8 cm³/mol. The molecule has 0 fully saturated rings. The van der Waals surface area contributed by atoms with Gasteiger partial charge in [-0.1, -0.05) is 12.1 Å². The van der Waals surface area contributed by atoms with Crippen molar-refractivity contribution in [1.82, 2.24) is 5.32 Å². The molecule has 5 heteroatoms. The van der Waals surface area contributed by atoms with Gasteiger partial charge in [-0.05, 0) is 36.2 Å². The fourth-order valence-corrected chi connectivity index (χ4v) is 2.12. The molecule has 0 aliphatic heterocycles. The number of rotatable bonds is 8. The second-order valence-electron chi connectivity index (χ2n) is 4.89. The Morgan fingerprint density at radius 2 is 2.00 bits per heavy atom. The Hall–Kier alpha value is -2.27. The fraction of sp³-hybridized carbons (Fsp3) is 0.353. The van der Waals surface area contributed by atoms with Crippen LogP contribution in [-0.4, -0.2) is 26.7 Å². The van der Waals surface area contributed by atoms with Crippen LogP contribution in [0.3, 0.4) is 0 Å². The van der Waals surface area contributed by atoms with E-state index in [4.69, 9.17) is 13.9 Å². The van der Waals surface area contributed by atoms with E-state index in [9.17, 15) is 4.79 Å². The van der Waals surface area contributed by atoms with Crippen molar-refractivity contribution in [2.24, 2.45) is 0 Å². The molecule has 0 radical (unpaired) electrons. The van der Waals surface area contributed by atoms with Crippen LogP contribution in [0.5, 0.6) is 5.75 Å². The maximum absolute atomic E-state index is 11.9. The van der Waals surface area contributed by atoms with Crippen LogP contribution in [0.15, 0.2) is 47.1 Å². The van der Waals surface area contributed by atoms with Crippen molar-refractivity contribution in [1.29, 1.82) is 0 Å². The number of ether oxygens (including phenoxy) is 2. The zero-order chi connectivity index (χ0) is 15.8. The van der Waals surface area contributed by atoms with Crippen LogP contribution in [0.1, 0.15) is 23.8 Å². The lowest BCUT2D eigenvalue weighted by molar-refractivity contribution is -0.121. The molecule has 0 aliphatic rings. The van der Waals surface area contributed by atoms with E-state index < -0.39 is 0 Å². The van der Waals surface area contributed by atoms with Gasteiger partial charge in [-0.25, -0.2) is 0 Å². The summed E-state index contributed by atoms with van der Waals surface area (Å²) in [7, 11) is 3.23. The van der Waals surface area contributed by atoms with E-state index >= 15 is 0 Å². The van der Waals surface area contributed by atoms with E-state index in [0.29, 0.717) is 25.1 Å². The average molecular weight is 303 g/mol. The summed E-state index contributed by atoms with van der Waals surface area (Å²) in [5, 5.41) is 2.87. The maximum atomic E-state index is 11.9. The van der Waals surface area contributed by atoms with Gasteiger partial charge < -0.3 is 19.2 Å². The largest absolute Gasteiger partial charge is 0.497 e. The summed E-state index contributed by atoms with van der Waals surface area (Å²) in [4.78, 5) is 11.9. The summed E-state index contributed by atoms with van der Waals surface area (Å²) in [5.74, 6) is 1.51. The minimum absolute atomic E-state index is 0.00979. The average Bonchev–Trinajstić information content (AvgIpc) is 3.08. The fourth-order valence-electron chi connectivity index (χ4n) is 2.12. The van der Waals surface area contributed by atoms with Gasteiger partial charge in [-0.2, -0.15) is 0 Å². The van der Waals surface area contributed by atoms with Crippen LogP contribution in [0, 0.1) is 0 Å². The summed E-state index contributed by atoms with van der Waals surface area (Å²) in [5.41, 5.74) is 1.10. The Morgan fingerprint density at radius 1 is 1.23 bits per heavy atom. The second kappa shape index (κ2) is 8.24. The molecule has 5 nitrogen and oxygen atoms in total. The van der Waals surface area contributed by atoms with Gasteiger partial charge in [0, 0.05) is 13.5 Å². The monoisotopic (exact) mass is 303 g/mol. The van der Waals surface area contributed by atoms with Crippen molar-refractivity contribution in [3.63, 3.8) is 0 Å². The molecule has 1 amide bonds. The summed E-state index contributed by atoms with van der Waals surface area (Å²) in [6, 6.07) is 11.3. The van der Waals surface area contributed by atoms with Crippen molar-refractivity contribution in [2.75, 3.05) is 20.8 Å². The summed E-state index contributed by atoms with van der Waals surface area (Å²) < 4.78 is 15.7. The molecule has 1 atom stereocenters. The van der Waals surface area contributed by atoms with Crippen molar-refractivity contribution in [3.05, 3.63) is 54.0 Å². The molecule has 22 heavy (non-hydrogen) atoms. The minimum atomic E-state index is -0.264. The highest BCUT2D eigenvalue weighted by Gasteiger charge is 2.14. The molecule has 1 aromatic carbocycles. The molecule has 118 valence electrons. The Kier molecular flexibility index (Phi) is 6.03. The van der Waals surface area contributed by atoms with E-state index in [1.54, 1.807) is 26.5 Å². The molecule has 0 spiro atoms. The number of aryl methyl sites for hydroxylation is 1. The third kappa shape index (κ3) is 4.63. The maximum Gasteiger partial charge on any atom is 0.220 e. The Morgan fingerprint density at radius 3 is 2.59 bits per heavy atom. The number of hydrogen-bond donors (Lipinski definition) is 1. The van der Waals surface area contributed by atoms with Crippen LogP contribution >= 0.6 is 0 Å². The lowest BCUT2D eigenvalue weighted by atomic mass is 10.1. The number of methoxy groups -OCH3 is 2. The molecule has 0 saturated carbocycles. The number of carbonyl (C=O) groups excluding carboxylic acids is 1. The third-order valence-corrected chi connectivity index (χ3v) is 3.43. The molecule has 2 aromatic rings. The lowest BCUT2D eigenvalue weighted by Crippen LogP contribution is -2.29. The second-order valence-corrected chi connectivity index (χ2v) is 4.89. The Balaban J connectivity index is 1.75. The highest BCUT2D eigenvalue weighted by atomic mass is 16.5. The molecule has 0 aliphatic carbocycles. The van der Waals surface area contributed by atoms with Crippen molar-refractivity contribution < 1.29 is 18.7 Å². The van der Waals surface area contributed by atoms with Crippen LogP contribution < -0.4 is 10.1 Å². The summed E-state index contributed by atoms with van der Waals surface area (Å²) in [6.45, 7) is 0.394. The van der Waals surface area contributed by atoms with E-state index in [1.807, 2.05) is 30.3 Å². The normalized spacial score (nSPS) is 11.9. The number of amides is 1. The lowest BCUT2D eigenvalue weighted by Gasteiger charge is -2.13. The molecule has 1 aromatic heterocycles. The first-order valence-electron chi connectivity index (χ1n) is 7.18. The molecule has 1 unspecified atom stereocenters. The van der Waals surface area contributed by atoms with Crippen LogP contribution in [0.25, 0.3) is 0 Å². The van der Waals surface area contributed by atoms with Crippen LogP contribution in [0.2, 0.25) is 0 Å². The molecular formula is C17H21NO4. The number of hydrogen-bond acceptors (Lipinski definition) is 4. The zero-order valence-electron chi connectivity index (χ0n) is 12.9. The van der Waals surface area contributed by atoms with Gasteiger partial charge in [0.2, 0.25) is 5.91 Å². The van der Waals surface area contributed by atoms with Gasteiger partial charge in [-0.3, -0.25) is 4.79 Å². The Labute approximate surface area is 130 Å². The minimum Gasteiger partial charge on any atom is -0.497 e. The Bertz CT molecular complexity index is 563. The predicted octanol–water partition coefficient (Wildman–Crippen LogP) is 2.72. The van der Waals surface area contributed by atoms with Crippen molar-refractivity contribution >= 4 is 5.91 Å². The van der Waals surface area contributed by atoms with Crippen LogP contribution in [-0.2, 0) is 16.0 Å². The van der Waals surface area contributed by atoms with Crippen LogP contribution in [0.4, 0.5) is 0 Å². The summed E-state index contributed by atoms with van der Waals surface area (Å²) >= 11 is 0. The molecule has 1 N–H and O–H groups in total. The zero-order valence-corrected chi connectivity index (χ0v) is 12.9. The first-order valence-corrected chi connectivity index (χ1v) is 7.18. The quantitative estimate of drug-likeness (QED) is 0.814. The van der Waals surface area contributed by atoms with Crippen molar-refractivity contribution in [2.45, 2.75) is 18.9 Å². The van der Waals surface area contributed by atoms with Gasteiger partial charge in [-0.15, -0.1) is 0 Å². The van der Waals surface area contributed by atoms with Gasteiger partial charge in [0.25, 0.3) is 0 Å². The van der Waals surface area contributed by atoms with E-state index in [-0.39, 0.29) is 12.0 Å². The van der Waals surface area contributed by atoms with Gasteiger partial charge in [0.1, 0.15) is 17.6 Å².